The largest absolute Gasteiger partial charge is 0.497 e. The number of rotatable bonds is 8. The fraction of sp³-hybridized carbons (Fsp3) is 0.111. The summed E-state index contributed by atoms with van der Waals surface area (Å²) in [7, 11) is 3.05. The summed E-state index contributed by atoms with van der Waals surface area (Å²) in [6.45, 7) is -0.259. The van der Waals surface area contributed by atoms with Gasteiger partial charge in [0.15, 0.2) is 6.61 Å². The summed E-state index contributed by atoms with van der Waals surface area (Å²) in [4.78, 5) is 51.0. The molecule has 5 amide bonds. The van der Waals surface area contributed by atoms with Crippen LogP contribution in [0.2, 0.25) is 0 Å². The predicted octanol–water partition coefficient (Wildman–Crippen LogP) is 3.39. The summed E-state index contributed by atoms with van der Waals surface area (Å²) < 4.78 is 15.8. The quantitative estimate of drug-likeness (QED) is 0.358. The second-order valence-electron chi connectivity index (χ2n) is 7.79. The normalized spacial score (nSPS) is 14.3. The number of methoxy groups -OCH3 is 2. The van der Waals surface area contributed by atoms with Crippen LogP contribution in [0.15, 0.2) is 78.4 Å². The highest BCUT2D eigenvalue weighted by molar-refractivity contribution is 6.39. The third kappa shape index (κ3) is 5.93. The Bertz CT molecular complexity index is 1370. The molecule has 37 heavy (non-hydrogen) atoms. The van der Waals surface area contributed by atoms with Crippen molar-refractivity contribution >= 4 is 41.2 Å². The molecule has 0 aliphatic carbocycles. The highest BCUT2D eigenvalue weighted by Gasteiger charge is 2.36. The lowest BCUT2D eigenvalue weighted by molar-refractivity contribution is -0.122. The summed E-state index contributed by atoms with van der Waals surface area (Å²) in [5.74, 6) is -0.388. The minimum absolute atomic E-state index is 0.232. The number of imide groups is 2. The summed E-state index contributed by atoms with van der Waals surface area (Å²) in [6, 6.07) is 18.8. The van der Waals surface area contributed by atoms with Gasteiger partial charge in [0.05, 0.1) is 19.9 Å². The van der Waals surface area contributed by atoms with E-state index in [2.05, 4.69) is 10.6 Å². The first kappa shape index (κ1) is 25.0. The number of barbiturate groups is 1. The number of amides is 5. The molecule has 3 aromatic rings. The minimum Gasteiger partial charge on any atom is -0.497 e. The first-order valence-electron chi connectivity index (χ1n) is 11.1. The van der Waals surface area contributed by atoms with E-state index in [9.17, 15) is 19.2 Å². The number of nitrogens with zero attached hydrogens (tertiary/aromatic N) is 1. The van der Waals surface area contributed by atoms with Crippen molar-refractivity contribution in [1.29, 1.82) is 0 Å². The Morgan fingerprint density at radius 2 is 1.54 bits per heavy atom. The van der Waals surface area contributed by atoms with Gasteiger partial charge in [0.1, 0.15) is 22.8 Å². The predicted molar refractivity (Wildman–Crippen MR) is 136 cm³/mol. The molecule has 2 N–H and O–H groups in total. The fourth-order valence-corrected chi connectivity index (χ4v) is 3.50. The number of anilines is 2. The highest BCUT2D eigenvalue weighted by atomic mass is 16.5. The van der Waals surface area contributed by atoms with Crippen molar-refractivity contribution in [2.75, 3.05) is 31.0 Å². The van der Waals surface area contributed by atoms with Crippen molar-refractivity contribution in [3.8, 4) is 17.2 Å². The number of carbonyl (C=O) groups is 4. The van der Waals surface area contributed by atoms with Gasteiger partial charge in [-0.15, -0.1) is 0 Å². The maximum Gasteiger partial charge on any atom is 0.335 e. The molecule has 10 nitrogen and oxygen atoms in total. The van der Waals surface area contributed by atoms with Gasteiger partial charge in [0.2, 0.25) is 0 Å². The molecule has 0 atom stereocenters. The Morgan fingerprint density at radius 3 is 2.19 bits per heavy atom. The Morgan fingerprint density at radius 1 is 0.892 bits per heavy atom. The van der Waals surface area contributed by atoms with Gasteiger partial charge in [-0.25, -0.2) is 9.69 Å². The standard InChI is InChI=1S/C27H23N3O7/c1-35-20-10-6-18(7-11-20)28-24(31)16-37-22-5-3-4-17(14-22)15-23-25(32)29-27(34)30(26(23)33)19-8-12-21(36-2)13-9-19/h3-15H,16H2,1-2H3,(H,28,31)(H,29,32,34)/b23-15+. The van der Waals surface area contributed by atoms with Crippen LogP contribution in [0.3, 0.4) is 0 Å². The van der Waals surface area contributed by atoms with E-state index in [-0.39, 0.29) is 23.8 Å². The van der Waals surface area contributed by atoms with Gasteiger partial charge in [-0.05, 0) is 72.3 Å². The van der Waals surface area contributed by atoms with E-state index in [0.29, 0.717) is 28.5 Å². The van der Waals surface area contributed by atoms with Crippen LogP contribution in [-0.2, 0) is 14.4 Å². The van der Waals surface area contributed by atoms with Crippen LogP contribution < -0.4 is 29.7 Å². The van der Waals surface area contributed by atoms with Gasteiger partial charge in [-0.2, -0.15) is 0 Å². The maximum atomic E-state index is 13.1. The maximum absolute atomic E-state index is 13.1. The molecule has 4 rings (SSSR count). The van der Waals surface area contributed by atoms with Crippen molar-refractivity contribution in [1.82, 2.24) is 5.32 Å². The van der Waals surface area contributed by atoms with Crippen LogP contribution in [0.5, 0.6) is 17.2 Å². The van der Waals surface area contributed by atoms with E-state index >= 15 is 0 Å². The van der Waals surface area contributed by atoms with Crippen LogP contribution in [0, 0.1) is 0 Å². The first-order chi connectivity index (χ1) is 17.9. The molecule has 3 aromatic carbocycles. The molecule has 0 saturated carbocycles. The fourth-order valence-electron chi connectivity index (χ4n) is 3.50. The van der Waals surface area contributed by atoms with Gasteiger partial charge in [-0.3, -0.25) is 19.7 Å². The third-order valence-electron chi connectivity index (χ3n) is 5.35. The average molecular weight is 501 g/mol. The van der Waals surface area contributed by atoms with E-state index in [1.165, 1.54) is 25.3 Å². The molecule has 1 aliphatic rings. The number of hydrogen-bond acceptors (Lipinski definition) is 7. The average Bonchev–Trinajstić information content (AvgIpc) is 2.91. The second kappa shape index (κ2) is 11.1. The van der Waals surface area contributed by atoms with Crippen LogP contribution in [0.4, 0.5) is 16.2 Å². The van der Waals surface area contributed by atoms with Crippen molar-refractivity contribution in [3.05, 3.63) is 83.9 Å². The minimum atomic E-state index is -0.850. The number of nitrogens with one attached hydrogen (secondary N) is 2. The molecular formula is C27H23N3O7. The molecule has 1 fully saturated rings. The van der Waals surface area contributed by atoms with Gasteiger partial charge in [-0.1, -0.05) is 12.1 Å². The molecule has 1 saturated heterocycles. The van der Waals surface area contributed by atoms with E-state index in [0.717, 1.165) is 4.90 Å². The van der Waals surface area contributed by atoms with Gasteiger partial charge >= 0.3 is 6.03 Å². The number of urea groups is 1. The zero-order chi connectivity index (χ0) is 26.4. The zero-order valence-electron chi connectivity index (χ0n) is 20.0. The van der Waals surface area contributed by atoms with E-state index in [4.69, 9.17) is 14.2 Å². The lowest BCUT2D eigenvalue weighted by Crippen LogP contribution is -2.54. The number of benzene rings is 3. The number of hydrogen-bond donors (Lipinski definition) is 2. The van der Waals surface area contributed by atoms with Crippen molar-refractivity contribution in [2.24, 2.45) is 0 Å². The molecule has 0 spiro atoms. The SMILES string of the molecule is COc1ccc(NC(=O)COc2cccc(/C=C3\C(=O)NC(=O)N(c4ccc(OC)cc4)C3=O)c2)cc1. The van der Waals surface area contributed by atoms with Crippen molar-refractivity contribution in [2.45, 2.75) is 0 Å². The Balaban J connectivity index is 1.46. The van der Waals surface area contributed by atoms with Crippen LogP contribution in [0.1, 0.15) is 5.56 Å². The van der Waals surface area contributed by atoms with Crippen LogP contribution in [0.25, 0.3) is 6.08 Å². The van der Waals surface area contributed by atoms with Crippen LogP contribution >= 0.6 is 0 Å². The lowest BCUT2D eigenvalue weighted by atomic mass is 10.1. The molecule has 188 valence electrons. The first-order valence-corrected chi connectivity index (χ1v) is 11.1. The molecule has 1 aliphatic heterocycles. The molecular weight excluding hydrogens is 478 g/mol. The summed E-state index contributed by atoms with van der Waals surface area (Å²) in [5.41, 5.74) is 1.10. The smallest absolute Gasteiger partial charge is 0.335 e. The molecule has 0 bridgehead atoms. The van der Waals surface area contributed by atoms with E-state index < -0.39 is 17.8 Å². The Hall–Kier alpha value is -5.12. The van der Waals surface area contributed by atoms with E-state index in [1.54, 1.807) is 67.8 Å². The van der Waals surface area contributed by atoms with Gasteiger partial charge in [0.25, 0.3) is 17.7 Å². The Labute approximate surface area is 212 Å². The van der Waals surface area contributed by atoms with Crippen molar-refractivity contribution < 1.29 is 33.4 Å². The monoisotopic (exact) mass is 501 g/mol. The third-order valence-corrected chi connectivity index (χ3v) is 5.35. The number of carbonyl (C=O) groups excluding carboxylic acids is 4. The topological polar surface area (TPSA) is 123 Å². The summed E-state index contributed by atoms with van der Waals surface area (Å²) in [5, 5.41) is 4.89. The lowest BCUT2D eigenvalue weighted by Gasteiger charge is -2.26. The molecule has 0 radical (unpaired) electrons. The highest BCUT2D eigenvalue weighted by Crippen LogP contribution is 2.25. The number of ether oxygens (including phenoxy) is 3. The molecule has 10 heteroatoms. The summed E-state index contributed by atoms with van der Waals surface area (Å²) >= 11 is 0. The Kier molecular flexibility index (Phi) is 7.48. The molecule has 0 unspecified atom stereocenters. The second-order valence-corrected chi connectivity index (χ2v) is 7.79. The van der Waals surface area contributed by atoms with Gasteiger partial charge in [0, 0.05) is 5.69 Å². The molecule has 0 aromatic heterocycles. The zero-order valence-corrected chi connectivity index (χ0v) is 20.0. The van der Waals surface area contributed by atoms with Crippen molar-refractivity contribution in [3.63, 3.8) is 0 Å². The van der Waals surface area contributed by atoms with E-state index in [1.807, 2.05) is 0 Å². The summed E-state index contributed by atoms with van der Waals surface area (Å²) in [6.07, 6.45) is 1.35. The van der Waals surface area contributed by atoms with Crippen LogP contribution in [-0.4, -0.2) is 44.6 Å². The van der Waals surface area contributed by atoms with Gasteiger partial charge < -0.3 is 19.5 Å². The molecule has 1 heterocycles.